The van der Waals surface area contributed by atoms with Crippen LogP contribution in [0.15, 0.2) is 0 Å². The lowest BCUT2D eigenvalue weighted by Gasteiger charge is -2.64. The normalized spacial score (nSPS) is 57.2. The van der Waals surface area contributed by atoms with Gasteiger partial charge in [0.1, 0.15) is 0 Å². The summed E-state index contributed by atoms with van der Waals surface area (Å²) in [5, 5.41) is 43.7. The number of fused-ring (bicyclic) bond motifs is 5. The van der Waals surface area contributed by atoms with E-state index in [9.17, 15) is 20.4 Å². The van der Waals surface area contributed by atoms with Gasteiger partial charge in [0, 0.05) is 0 Å². The van der Waals surface area contributed by atoms with E-state index in [1.165, 1.54) is 12.8 Å². The largest absolute Gasteiger partial charge is 0.393 e. The highest BCUT2D eigenvalue weighted by molar-refractivity contribution is 5.15. The molecule has 4 aliphatic carbocycles. The van der Waals surface area contributed by atoms with Gasteiger partial charge in [-0.1, -0.05) is 40.5 Å². The lowest BCUT2D eigenvalue weighted by atomic mass is 9.42. The van der Waals surface area contributed by atoms with Gasteiger partial charge in [-0.3, -0.25) is 0 Å². The summed E-state index contributed by atoms with van der Waals surface area (Å²) >= 11 is 0. The van der Waals surface area contributed by atoms with Crippen molar-refractivity contribution in [2.45, 2.75) is 103 Å². The molecule has 0 amide bonds. The third-order valence-corrected chi connectivity index (χ3v) is 10.4. The van der Waals surface area contributed by atoms with Crippen LogP contribution >= 0.6 is 0 Å². The van der Waals surface area contributed by atoms with Crippen molar-refractivity contribution in [2.24, 2.45) is 46.3 Å². The number of aliphatic hydroxyl groups is 4. The molecule has 28 heavy (non-hydrogen) atoms. The second-order valence-corrected chi connectivity index (χ2v) is 11.4. The van der Waals surface area contributed by atoms with E-state index >= 15 is 0 Å². The molecule has 4 fully saturated rings. The standard InChI is InChI=1S/C24H42O4/c1-5-6-13(2)14-7-8-15-21-16(12-20(27)24(14,15)4)23(3)10-9-18(25)22(28)17(23)11-19(21)26/h13-22,25-28H,5-12H2,1-4H3/t13?,14-,15+,16+,17?,18?,19?,20?,21+,22?,23-,24-/m1/s1. The van der Waals surface area contributed by atoms with Gasteiger partial charge < -0.3 is 20.4 Å². The van der Waals surface area contributed by atoms with Crippen molar-refractivity contribution in [3.8, 4) is 0 Å². The fourth-order valence-electron chi connectivity index (χ4n) is 8.85. The predicted octanol–water partition coefficient (Wildman–Crippen LogP) is 3.35. The predicted molar refractivity (Wildman–Crippen MR) is 109 cm³/mol. The molecule has 12 atom stereocenters. The first kappa shape index (κ1) is 21.1. The van der Waals surface area contributed by atoms with Gasteiger partial charge in [0.15, 0.2) is 0 Å². The van der Waals surface area contributed by atoms with Crippen molar-refractivity contribution >= 4 is 0 Å². The molecule has 0 bridgehead atoms. The Morgan fingerprint density at radius 2 is 1.61 bits per heavy atom. The Bertz CT molecular complexity index is 581. The van der Waals surface area contributed by atoms with Crippen molar-refractivity contribution < 1.29 is 20.4 Å². The summed E-state index contributed by atoms with van der Waals surface area (Å²) in [6.07, 6.45) is 5.31. The minimum absolute atomic E-state index is 0.0692. The summed E-state index contributed by atoms with van der Waals surface area (Å²) in [5.41, 5.74) is -0.204. The van der Waals surface area contributed by atoms with E-state index in [4.69, 9.17) is 0 Å². The molecular formula is C24H42O4. The molecule has 4 heteroatoms. The SMILES string of the molecule is CCCC(C)[C@H]1CC[C@H]2[C@@H]3C(O)CC4C(O)C(O)CC[C@]4(C)[C@H]3CC(O)[C@]12C. The molecular weight excluding hydrogens is 352 g/mol. The lowest BCUT2D eigenvalue weighted by Crippen LogP contribution is -2.64. The quantitative estimate of drug-likeness (QED) is 0.592. The summed E-state index contributed by atoms with van der Waals surface area (Å²) < 4.78 is 0. The van der Waals surface area contributed by atoms with E-state index in [-0.39, 0.29) is 34.7 Å². The molecule has 0 aromatic carbocycles. The first-order valence-corrected chi connectivity index (χ1v) is 11.9. The van der Waals surface area contributed by atoms with Crippen LogP contribution < -0.4 is 0 Å². The first-order valence-electron chi connectivity index (χ1n) is 11.9. The molecule has 0 spiro atoms. The van der Waals surface area contributed by atoms with Crippen LogP contribution in [0.4, 0.5) is 0 Å². The summed E-state index contributed by atoms with van der Waals surface area (Å²) in [6, 6.07) is 0. The zero-order valence-corrected chi connectivity index (χ0v) is 18.2. The van der Waals surface area contributed by atoms with E-state index in [1.807, 2.05) is 0 Å². The topological polar surface area (TPSA) is 80.9 Å². The maximum absolute atomic E-state index is 11.5. The van der Waals surface area contributed by atoms with Crippen LogP contribution in [-0.4, -0.2) is 44.8 Å². The average Bonchev–Trinajstić information content (AvgIpc) is 3.00. The van der Waals surface area contributed by atoms with Crippen LogP contribution in [0.25, 0.3) is 0 Å². The van der Waals surface area contributed by atoms with Crippen molar-refractivity contribution in [3.05, 3.63) is 0 Å². The van der Waals surface area contributed by atoms with Crippen LogP contribution in [0.2, 0.25) is 0 Å². The highest BCUT2D eigenvalue weighted by Gasteiger charge is 2.66. The van der Waals surface area contributed by atoms with E-state index in [0.29, 0.717) is 30.6 Å². The minimum Gasteiger partial charge on any atom is -0.393 e. The number of hydrogen-bond donors (Lipinski definition) is 4. The Morgan fingerprint density at radius 3 is 2.29 bits per heavy atom. The zero-order valence-electron chi connectivity index (χ0n) is 18.2. The molecule has 4 N–H and O–H groups in total. The Kier molecular flexibility index (Phi) is 5.43. The van der Waals surface area contributed by atoms with E-state index in [2.05, 4.69) is 27.7 Å². The molecule has 0 aromatic rings. The van der Waals surface area contributed by atoms with E-state index in [1.54, 1.807) is 0 Å². The van der Waals surface area contributed by atoms with E-state index < -0.39 is 18.3 Å². The highest BCUT2D eigenvalue weighted by Crippen LogP contribution is 2.68. The minimum atomic E-state index is -0.749. The van der Waals surface area contributed by atoms with Crippen LogP contribution in [0.5, 0.6) is 0 Å². The van der Waals surface area contributed by atoms with Gasteiger partial charge in [-0.2, -0.15) is 0 Å². The third-order valence-electron chi connectivity index (χ3n) is 10.4. The Labute approximate surface area is 170 Å². The number of aliphatic hydroxyl groups excluding tert-OH is 4. The molecule has 4 nitrogen and oxygen atoms in total. The van der Waals surface area contributed by atoms with E-state index in [0.717, 1.165) is 25.7 Å². The average molecular weight is 395 g/mol. The van der Waals surface area contributed by atoms with Crippen LogP contribution in [0, 0.1) is 46.3 Å². The molecule has 4 aliphatic rings. The Morgan fingerprint density at radius 1 is 0.893 bits per heavy atom. The molecule has 6 unspecified atom stereocenters. The maximum atomic E-state index is 11.5. The molecule has 0 saturated heterocycles. The highest BCUT2D eigenvalue weighted by atomic mass is 16.3. The summed E-state index contributed by atoms with van der Waals surface area (Å²) in [7, 11) is 0. The van der Waals surface area contributed by atoms with Gasteiger partial charge in [0.25, 0.3) is 0 Å². The van der Waals surface area contributed by atoms with Crippen molar-refractivity contribution in [3.63, 3.8) is 0 Å². The van der Waals surface area contributed by atoms with Crippen LogP contribution in [0.3, 0.4) is 0 Å². The van der Waals surface area contributed by atoms with Crippen molar-refractivity contribution in [1.29, 1.82) is 0 Å². The molecule has 162 valence electrons. The number of hydrogen-bond acceptors (Lipinski definition) is 4. The van der Waals surface area contributed by atoms with Crippen molar-refractivity contribution in [1.82, 2.24) is 0 Å². The van der Waals surface area contributed by atoms with Gasteiger partial charge in [-0.25, -0.2) is 0 Å². The van der Waals surface area contributed by atoms with Gasteiger partial charge in [0.05, 0.1) is 24.4 Å². The van der Waals surface area contributed by atoms with Gasteiger partial charge in [-0.05, 0) is 84.9 Å². The molecule has 0 heterocycles. The van der Waals surface area contributed by atoms with Gasteiger partial charge in [0.2, 0.25) is 0 Å². The first-order chi connectivity index (χ1) is 13.2. The number of rotatable bonds is 3. The third kappa shape index (κ3) is 2.77. The van der Waals surface area contributed by atoms with Crippen LogP contribution in [0.1, 0.15) is 79.1 Å². The second-order valence-electron chi connectivity index (χ2n) is 11.4. The smallest absolute Gasteiger partial charge is 0.0833 e. The molecule has 0 aromatic heterocycles. The fourth-order valence-corrected chi connectivity index (χ4v) is 8.85. The summed E-state index contributed by atoms with van der Waals surface area (Å²) in [5.74, 6) is 1.89. The van der Waals surface area contributed by atoms with Gasteiger partial charge >= 0.3 is 0 Å². The van der Waals surface area contributed by atoms with Gasteiger partial charge in [-0.15, -0.1) is 0 Å². The lowest BCUT2D eigenvalue weighted by molar-refractivity contribution is -0.228. The summed E-state index contributed by atoms with van der Waals surface area (Å²) in [4.78, 5) is 0. The monoisotopic (exact) mass is 394 g/mol. The van der Waals surface area contributed by atoms with Crippen LogP contribution in [-0.2, 0) is 0 Å². The molecule has 4 saturated carbocycles. The zero-order chi connectivity index (χ0) is 20.4. The molecule has 0 radical (unpaired) electrons. The Hall–Kier alpha value is -0.160. The Balaban J connectivity index is 1.67. The fraction of sp³-hybridized carbons (Fsp3) is 1.00. The second kappa shape index (κ2) is 7.21. The molecule has 0 aliphatic heterocycles. The molecule has 4 rings (SSSR count). The summed E-state index contributed by atoms with van der Waals surface area (Å²) in [6.45, 7) is 9.17. The van der Waals surface area contributed by atoms with Crippen molar-refractivity contribution in [2.75, 3.05) is 0 Å². The maximum Gasteiger partial charge on any atom is 0.0833 e.